The Hall–Kier alpha value is -1.26. The smallest absolute Gasteiger partial charge is 0.306 e. The average Bonchev–Trinajstić information content (AvgIpc) is 2.01. The zero-order valence-electron chi connectivity index (χ0n) is 8.82. The second-order valence-electron chi connectivity index (χ2n) is 3.30. The number of hydrogen-bond acceptors (Lipinski definition) is 3. The fourth-order valence-electron chi connectivity index (χ4n) is 0.911. The monoisotopic (exact) mass is 201 g/mol. The van der Waals surface area contributed by atoms with Gasteiger partial charge in [-0.15, -0.1) is 0 Å². The van der Waals surface area contributed by atoms with Crippen LogP contribution in [-0.4, -0.2) is 24.6 Å². The fourth-order valence-corrected chi connectivity index (χ4v) is 0.911. The van der Waals surface area contributed by atoms with Crippen molar-refractivity contribution in [1.29, 1.82) is 0 Å². The molecule has 14 heavy (non-hydrogen) atoms. The molecule has 0 saturated heterocycles. The lowest BCUT2D eigenvalue weighted by atomic mass is 10.2. The Morgan fingerprint density at radius 2 is 2.00 bits per heavy atom. The molecular formula is C9H19N3O2. The molecule has 0 heterocycles. The predicted octanol–water partition coefficient (Wildman–Crippen LogP) is 0.382. The van der Waals surface area contributed by atoms with Gasteiger partial charge in [-0.05, 0) is 26.7 Å². The van der Waals surface area contributed by atoms with E-state index >= 15 is 0 Å². The molecule has 0 aliphatic carbocycles. The third-order valence-electron chi connectivity index (χ3n) is 1.45. The number of rotatable bonds is 6. The zero-order valence-corrected chi connectivity index (χ0v) is 8.82. The summed E-state index contributed by atoms with van der Waals surface area (Å²) in [5.41, 5.74) is 10.3. The summed E-state index contributed by atoms with van der Waals surface area (Å²) in [5, 5.41) is 0. The van der Waals surface area contributed by atoms with Crippen molar-refractivity contribution in [2.24, 2.45) is 16.5 Å². The number of unbranched alkanes of at least 4 members (excludes halogenated alkanes) is 1. The molecule has 0 bridgehead atoms. The number of carbonyl (C=O) groups excluding carboxylic acids is 1. The van der Waals surface area contributed by atoms with Crippen LogP contribution in [0, 0.1) is 0 Å². The van der Waals surface area contributed by atoms with E-state index in [9.17, 15) is 4.79 Å². The first-order chi connectivity index (χ1) is 6.52. The van der Waals surface area contributed by atoms with Gasteiger partial charge in [-0.2, -0.15) is 0 Å². The van der Waals surface area contributed by atoms with Crippen LogP contribution in [0.3, 0.4) is 0 Å². The van der Waals surface area contributed by atoms with E-state index in [2.05, 4.69) is 4.99 Å². The summed E-state index contributed by atoms with van der Waals surface area (Å²) in [6.45, 7) is 4.23. The molecule has 0 fully saturated rings. The van der Waals surface area contributed by atoms with E-state index in [4.69, 9.17) is 16.2 Å². The highest BCUT2D eigenvalue weighted by atomic mass is 16.5. The zero-order chi connectivity index (χ0) is 11.0. The van der Waals surface area contributed by atoms with E-state index in [-0.39, 0.29) is 18.0 Å². The van der Waals surface area contributed by atoms with Gasteiger partial charge in [-0.25, -0.2) is 0 Å². The average molecular weight is 201 g/mol. The van der Waals surface area contributed by atoms with E-state index in [0.29, 0.717) is 13.0 Å². The molecule has 0 aliphatic rings. The van der Waals surface area contributed by atoms with Crippen LogP contribution in [0.5, 0.6) is 0 Å². The molecule has 5 heteroatoms. The van der Waals surface area contributed by atoms with E-state index in [1.807, 2.05) is 13.8 Å². The van der Waals surface area contributed by atoms with Gasteiger partial charge in [0.15, 0.2) is 5.96 Å². The second kappa shape index (κ2) is 7.17. The fraction of sp³-hybridized carbons (Fsp3) is 0.778. The van der Waals surface area contributed by atoms with Gasteiger partial charge in [0.25, 0.3) is 0 Å². The van der Waals surface area contributed by atoms with Crippen molar-refractivity contribution < 1.29 is 9.53 Å². The van der Waals surface area contributed by atoms with Gasteiger partial charge < -0.3 is 16.2 Å². The van der Waals surface area contributed by atoms with Crippen LogP contribution in [-0.2, 0) is 9.53 Å². The van der Waals surface area contributed by atoms with Crippen LogP contribution in [0.2, 0.25) is 0 Å². The van der Waals surface area contributed by atoms with Crippen LogP contribution >= 0.6 is 0 Å². The van der Waals surface area contributed by atoms with Crippen molar-refractivity contribution in [3.63, 3.8) is 0 Å². The van der Waals surface area contributed by atoms with Crippen molar-refractivity contribution >= 4 is 11.9 Å². The summed E-state index contributed by atoms with van der Waals surface area (Å²) in [7, 11) is 0. The number of ether oxygens (including phenoxy) is 1. The third-order valence-corrected chi connectivity index (χ3v) is 1.45. The number of guanidine groups is 1. The maximum absolute atomic E-state index is 11.0. The van der Waals surface area contributed by atoms with Crippen molar-refractivity contribution in [2.75, 3.05) is 6.54 Å². The number of hydrogen-bond donors (Lipinski definition) is 2. The minimum Gasteiger partial charge on any atom is -0.463 e. The maximum atomic E-state index is 11.0. The van der Waals surface area contributed by atoms with Crippen LogP contribution in [0.25, 0.3) is 0 Å². The summed E-state index contributed by atoms with van der Waals surface area (Å²) in [6.07, 6.45) is 1.94. The van der Waals surface area contributed by atoms with Gasteiger partial charge in [0.2, 0.25) is 0 Å². The molecular weight excluding hydrogens is 182 g/mol. The first-order valence-corrected chi connectivity index (χ1v) is 4.77. The van der Waals surface area contributed by atoms with Gasteiger partial charge in [0, 0.05) is 13.0 Å². The van der Waals surface area contributed by atoms with Crippen LogP contribution < -0.4 is 11.5 Å². The number of aliphatic imine (C=N–C) groups is 1. The number of nitrogens with zero attached hydrogens (tertiary/aromatic N) is 1. The van der Waals surface area contributed by atoms with Gasteiger partial charge in [-0.1, -0.05) is 0 Å². The van der Waals surface area contributed by atoms with Gasteiger partial charge in [-0.3, -0.25) is 9.79 Å². The van der Waals surface area contributed by atoms with Crippen molar-refractivity contribution in [2.45, 2.75) is 39.2 Å². The highest BCUT2D eigenvalue weighted by Gasteiger charge is 2.03. The summed E-state index contributed by atoms with van der Waals surface area (Å²) in [4.78, 5) is 14.8. The largest absolute Gasteiger partial charge is 0.463 e. The summed E-state index contributed by atoms with van der Waals surface area (Å²) in [5.74, 6) is -0.0699. The lowest BCUT2D eigenvalue weighted by Crippen LogP contribution is -2.22. The highest BCUT2D eigenvalue weighted by molar-refractivity contribution is 5.75. The molecule has 0 rings (SSSR count). The standard InChI is InChI=1S/C9H19N3O2/c1-7(2)14-8(13)5-3-4-6-12-9(10)11/h7H,3-6H2,1-2H3,(H4,10,11,12). The summed E-state index contributed by atoms with van der Waals surface area (Å²) in [6, 6.07) is 0. The topological polar surface area (TPSA) is 90.7 Å². The molecule has 0 spiro atoms. The first kappa shape index (κ1) is 12.7. The minimum absolute atomic E-state index is 0.0415. The molecule has 0 radical (unpaired) electrons. The van der Waals surface area contributed by atoms with Gasteiger partial charge in [0.1, 0.15) is 0 Å². The molecule has 0 unspecified atom stereocenters. The maximum Gasteiger partial charge on any atom is 0.306 e. The summed E-state index contributed by atoms with van der Waals surface area (Å²) < 4.78 is 4.95. The number of esters is 1. The van der Waals surface area contributed by atoms with Crippen LogP contribution in [0.15, 0.2) is 4.99 Å². The van der Waals surface area contributed by atoms with Crippen molar-refractivity contribution in [3.8, 4) is 0 Å². The van der Waals surface area contributed by atoms with Gasteiger partial charge in [0.05, 0.1) is 6.10 Å². The molecule has 0 aromatic heterocycles. The van der Waals surface area contributed by atoms with Crippen molar-refractivity contribution in [1.82, 2.24) is 0 Å². The second-order valence-corrected chi connectivity index (χ2v) is 3.30. The molecule has 82 valence electrons. The van der Waals surface area contributed by atoms with Crippen LogP contribution in [0.1, 0.15) is 33.1 Å². The first-order valence-electron chi connectivity index (χ1n) is 4.77. The molecule has 0 aromatic carbocycles. The molecule has 0 aliphatic heterocycles. The predicted molar refractivity (Wildman–Crippen MR) is 55.8 cm³/mol. The Balaban J connectivity index is 3.36. The van der Waals surface area contributed by atoms with E-state index in [0.717, 1.165) is 12.8 Å². The third kappa shape index (κ3) is 8.83. The normalized spacial score (nSPS) is 9.93. The molecule has 4 N–H and O–H groups in total. The minimum atomic E-state index is -0.162. The number of carbonyl (C=O) groups is 1. The Bertz CT molecular complexity index is 198. The Morgan fingerprint density at radius 1 is 1.36 bits per heavy atom. The van der Waals surface area contributed by atoms with E-state index < -0.39 is 0 Å². The van der Waals surface area contributed by atoms with Crippen molar-refractivity contribution in [3.05, 3.63) is 0 Å². The Labute approximate surface area is 84.5 Å². The molecule has 0 aromatic rings. The van der Waals surface area contributed by atoms with E-state index in [1.165, 1.54) is 0 Å². The van der Waals surface area contributed by atoms with Crippen LogP contribution in [0.4, 0.5) is 0 Å². The highest BCUT2D eigenvalue weighted by Crippen LogP contribution is 2.00. The summed E-state index contributed by atoms with van der Waals surface area (Å²) >= 11 is 0. The molecule has 5 nitrogen and oxygen atoms in total. The SMILES string of the molecule is CC(C)OC(=O)CCCCN=C(N)N. The molecule has 0 amide bonds. The Kier molecular flexibility index (Phi) is 6.53. The Morgan fingerprint density at radius 3 is 2.50 bits per heavy atom. The molecule has 0 saturated carbocycles. The molecule has 0 atom stereocenters. The van der Waals surface area contributed by atoms with E-state index in [1.54, 1.807) is 0 Å². The quantitative estimate of drug-likeness (QED) is 0.281. The lowest BCUT2D eigenvalue weighted by molar-refractivity contribution is -0.147. The van der Waals surface area contributed by atoms with Gasteiger partial charge >= 0.3 is 5.97 Å². The number of nitrogens with two attached hydrogens (primary N) is 2. The lowest BCUT2D eigenvalue weighted by Gasteiger charge is -2.06.